The molecule has 0 aromatic heterocycles. The van der Waals surface area contributed by atoms with Crippen molar-refractivity contribution in [3.63, 3.8) is 0 Å². The fourth-order valence-electron chi connectivity index (χ4n) is 2.08. The molecule has 2 rings (SSSR count). The highest BCUT2D eigenvalue weighted by molar-refractivity contribution is 6.30. The summed E-state index contributed by atoms with van der Waals surface area (Å²) in [6.07, 6.45) is 2.06. The molecule has 1 heterocycles. The number of phenols is 1. The van der Waals surface area contributed by atoms with Gasteiger partial charge in [0, 0.05) is 17.6 Å². The number of hydrogen-bond acceptors (Lipinski definition) is 2. The molecule has 1 amide bonds. The van der Waals surface area contributed by atoms with E-state index in [1.807, 2.05) is 6.92 Å². The Morgan fingerprint density at radius 2 is 2.31 bits per heavy atom. The van der Waals surface area contributed by atoms with Crippen LogP contribution in [0.4, 0.5) is 0 Å². The maximum Gasteiger partial charge on any atom is 0.257 e. The lowest BCUT2D eigenvalue weighted by Gasteiger charge is -2.21. The van der Waals surface area contributed by atoms with E-state index in [-0.39, 0.29) is 17.7 Å². The second kappa shape index (κ2) is 4.34. The summed E-state index contributed by atoms with van der Waals surface area (Å²) in [6, 6.07) is 4.85. The molecule has 1 unspecified atom stereocenters. The summed E-state index contributed by atoms with van der Waals surface area (Å²) in [5, 5.41) is 10.1. The number of likely N-dealkylation sites (tertiary alicyclic amines) is 1. The van der Waals surface area contributed by atoms with Crippen LogP contribution in [0.25, 0.3) is 0 Å². The highest BCUT2D eigenvalue weighted by Gasteiger charge is 2.27. The standard InChI is InChI=1S/C12H14ClNO2/c1-8-3-2-6-14(8)12(16)10-5-4-9(13)7-11(10)15/h4-5,7-8,15H,2-3,6H2,1H3. The first kappa shape index (κ1) is 11.3. The van der Waals surface area contributed by atoms with Gasteiger partial charge in [-0.15, -0.1) is 0 Å². The summed E-state index contributed by atoms with van der Waals surface area (Å²) in [4.78, 5) is 13.9. The average molecular weight is 240 g/mol. The molecule has 4 heteroatoms. The van der Waals surface area contributed by atoms with Crippen LogP contribution in [0.1, 0.15) is 30.1 Å². The van der Waals surface area contributed by atoms with Gasteiger partial charge in [-0.2, -0.15) is 0 Å². The molecule has 1 fully saturated rings. The number of carbonyl (C=O) groups is 1. The fraction of sp³-hybridized carbons (Fsp3) is 0.417. The molecule has 1 atom stereocenters. The van der Waals surface area contributed by atoms with Crippen LogP contribution in [0.15, 0.2) is 18.2 Å². The van der Waals surface area contributed by atoms with Gasteiger partial charge in [0.15, 0.2) is 0 Å². The van der Waals surface area contributed by atoms with Crippen molar-refractivity contribution in [1.29, 1.82) is 0 Å². The molecule has 1 aromatic carbocycles. The van der Waals surface area contributed by atoms with Crippen molar-refractivity contribution >= 4 is 17.5 Å². The number of rotatable bonds is 1. The number of phenolic OH excluding ortho intramolecular Hbond substituents is 1. The molecule has 86 valence electrons. The minimum Gasteiger partial charge on any atom is -0.507 e. The molecule has 1 aliphatic rings. The van der Waals surface area contributed by atoms with Crippen molar-refractivity contribution in [1.82, 2.24) is 4.90 Å². The van der Waals surface area contributed by atoms with E-state index in [2.05, 4.69) is 0 Å². The van der Waals surface area contributed by atoms with Crippen molar-refractivity contribution in [2.75, 3.05) is 6.54 Å². The van der Waals surface area contributed by atoms with Crippen molar-refractivity contribution in [2.24, 2.45) is 0 Å². The average Bonchev–Trinajstić information content (AvgIpc) is 2.63. The number of halogens is 1. The number of amides is 1. The van der Waals surface area contributed by atoms with Crippen molar-refractivity contribution in [2.45, 2.75) is 25.8 Å². The second-order valence-electron chi connectivity index (χ2n) is 4.15. The number of benzene rings is 1. The first-order valence-electron chi connectivity index (χ1n) is 5.39. The van der Waals surface area contributed by atoms with Crippen LogP contribution in [-0.4, -0.2) is 28.5 Å². The number of carbonyl (C=O) groups excluding carboxylic acids is 1. The Kier molecular flexibility index (Phi) is 3.06. The molecule has 0 radical (unpaired) electrons. The van der Waals surface area contributed by atoms with Gasteiger partial charge in [-0.05, 0) is 38.0 Å². The van der Waals surface area contributed by atoms with Crippen LogP contribution in [0.3, 0.4) is 0 Å². The topological polar surface area (TPSA) is 40.5 Å². The second-order valence-corrected chi connectivity index (χ2v) is 4.59. The van der Waals surface area contributed by atoms with E-state index in [4.69, 9.17) is 11.6 Å². The van der Waals surface area contributed by atoms with E-state index < -0.39 is 0 Å². The summed E-state index contributed by atoms with van der Waals surface area (Å²) in [5.41, 5.74) is 0.332. The quantitative estimate of drug-likeness (QED) is 0.819. The van der Waals surface area contributed by atoms with E-state index in [1.165, 1.54) is 6.07 Å². The van der Waals surface area contributed by atoms with Crippen molar-refractivity contribution in [3.05, 3.63) is 28.8 Å². The Labute approximate surface area is 99.6 Å². The van der Waals surface area contributed by atoms with E-state index in [0.29, 0.717) is 10.6 Å². The molecule has 1 aliphatic heterocycles. The number of hydrogen-bond donors (Lipinski definition) is 1. The van der Waals surface area contributed by atoms with Crippen LogP contribution in [0.2, 0.25) is 5.02 Å². The number of aromatic hydroxyl groups is 1. The summed E-state index contributed by atoms with van der Waals surface area (Å²) in [6.45, 7) is 2.79. The van der Waals surface area contributed by atoms with Crippen LogP contribution in [0, 0.1) is 0 Å². The first-order chi connectivity index (χ1) is 7.59. The molecule has 0 saturated carbocycles. The third-order valence-corrected chi connectivity index (χ3v) is 3.24. The molecule has 3 nitrogen and oxygen atoms in total. The van der Waals surface area contributed by atoms with Crippen LogP contribution >= 0.6 is 11.6 Å². The Hall–Kier alpha value is -1.22. The highest BCUT2D eigenvalue weighted by atomic mass is 35.5. The van der Waals surface area contributed by atoms with Crippen LogP contribution in [0.5, 0.6) is 5.75 Å². The van der Waals surface area contributed by atoms with Gasteiger partial charge < -0.3 is 10.0 Å². The highest BCUT2D eigenvalue weighted by Crippen LogP contribution is 2.26. The van der Waals surface area contributed by atoms with E-state index in [1.54, 1.807) is 17.0 Å². The molecule has 1 N–H and O–H groups in total. The predicted octanol–water partition coefficient (Wildman–Crippen LogP) is 2.67. The SMILES string of the molecule is CC1CCCN1C(=O)c1ccc(Cl)cc1O. The van der Waals surface area contributed by atoms with Gasteiger partial charge in [0.2, 0.25) is 0 Å². The Bertz CT molecular complexity index is 419. The van der Waals surface area contributed by atoms with Crippen LogP contribution in [-0.2, 0) is 0 Å². The largest absolute Gasteiger partial charge is 0.507 e. The molecular weight excluding hydrogens is 226 g/mol. The van der Waals surface area contributed by atoms with Gasteiger partial charge in [0.25, 0.3) is 5.91 Å². The fourth-order valence-corrected chi connectivity index (χ4v) is 2.24. The third kappa shape index (κ3) is 2.00. The number of nitrogens with zero attached hydrogens (tertiary/aromatic N) is 1. The Morgan fingerprint density at radius 1 is 1.56 bits per heavy atom. The lowest BCUT2D eigenvalue weighted by Crippen LogP contribution is -2.33. The predicted molar refractivity (Wildman–Crippen MR) is 62.8 cm³/mol. The lowest BCUT2D eigenvalue weighted by molar-refractivity contribution is 0.0744. The monoisotopic (exact) mass is 239 g/mol. The molecular formula is C12H14ClNO2. The third-order valence-electron chi connectivity index (χ3n) is 3.00. The van der Waals surface area contributed by atoms with E-state index in [0.717, 1.165) is 19.4 Å². The normalized spacial score (nSPS) is 20.1. The zero-order chi connectivity index (χ0) is 11.7. The van der Waals surface area contributed by atoms with Crippen molar-refractivity contribution < 1.29 is 9.90 Å². The molecule has 0 aliphatic carbocycles. The minimum absolute atomic E-state index is 0.0448. The molecule has 0 bridgehead atoms. The zero-order valence-electron chi connectivity index (χ0n) is 9.11. The molecule has 1 aromatic rings. The minimum atomic E-state index is -0.112. The first-order valence-corrected chi connectivity index (χ1v) is 5.77. The van der Waals surface area contributed by atoms with Crippen molar-refractivity contribution in [3.8, 4) is 5.75 Å². The smallest absolute Gasteiger partial charge is 0.257 e. The Morgan fingerprint density at radius 3 is 2.88 bits per heavy atom. The van der Waals surface area contributed by atoms with Gasteiger partial charge in [-0.3, -0.25) is 4.79 Å². The van der Waals surface area contributed by atoms with Gasteiger partial charge in [-0.25, -0.2) is 0 Å². The zero-order valence-corrected chi connectivity index (χ0v) is 9.87. The molecule has 1 saturated heterocycles. The van der Waals surface area contributed by atoms with E-state index in [9.17, 15) is 9.90 Å². The summed E-state index contributed by atoms with van der Waals surface area (Å²) < 4.78 is 0. The van der Waals surface area contributed by atoms with Gasteiger partial charge in [0.1, 0.15) is 5.75 Å². The maximum atomic E-state index is 12.1. The maximum absolute atomic E-state index is 12.1. The van der Waals surface area contributed by atoms with Gasteiger partial charge in [0.05, 0.1) is 5.56 Å². The molecule has 0 spiro atoms. The van der Waals surface area contributed by atoms with E-state index >= 15 is 0 Å². The summed E-state index contributed by atoms with van der Waals surface area (Å²) in [5.74, 6) is -0.157. The van der Waals surface area contributed by atoms with Crippen LogP contribution < -0.4 is 0 Å². The summed E-state index contributed by atoms with van der Waals surface area (Å²) in [7, 11) is 0. The van der Waals surface area contributed by atoms with Gasteiger partial charge >= 0.3 is 0 Å². The lowest BCUT2D eigenvalue weighted by atomic mass is 10.1. The Balaban J connectivity index is 2.27. The summed E-state index contributed by atoms with van der Waals surface area (Å²) >= 11 is 5.73. The molecule has 16 heavy (non-hydrogen) atoms. The van der Waals surface area contributed by atoms with Gasteiger partial charge in [-0.1, -0.05) is 11.6 Å².